The van der Waals surface area contributed by atoms with Crippen molar-refractivity contribution in [3.8, 4) is 28.4 Å². The van der Waals surface area contributed by atoms with Gasteiger partial charge in [-0.3, -0.25) is 4.79 Å². The van der Waals surface area contributed by atoms with Crippen LogP contribution >= 0.6 is 11.3 Å². The Labute approximate surface area is 160 Å². The van der Waals surface area contributed by atoms with E-state index in [1.165, 1.54) is 11.3 Å². The van der Waals surface area contributed by atoms with Crippen molar-refractivity contribution >= 4 is 21.6 Å². The normalized spacial score (nSPS) is 11.4. The first kappa shape index (κ1) is 17.5. The summed E-state index contributed by atoms with van der Waals surface area (Å²) in [7, 11) is 1.88. The molecule has 27 heavy (non-hydrogen) atoms. The molecule has 0 aliphatic rings. The molecule has 0 radical (unpaired) electrons. The highest BCUT2D eigenvalue weighted by Gasteiger charge is 2.14. The Morgan fingerprint density at radius 2 is 2.04 bits per heavy atom. The number of aromatic nitrogens is 4. The van der Waals surface area contributed by atoms with E-state index >= 15 is 0 Å². The second-order valence-electron chi connectivity index (χ2n) is 6.90. The minimum Gasteiger partial charge on any atom is -0.493 e. The molecule has 0 saturated heterocycles. The van der Waals surface area contributed by atoms with Crippen LogP contribution in [0.5, 0.6) is 5.75 Å². The minimum atomic E-state index is -0.145. The fourth-order valence-electron chi connectivity index (χ4n) is 2.78. The molecule has 0 unspecified atom stereocenters. The molecule has 7 heteroatoms. The fraction of sp³-hybridized carbons (Fsp3) is 0.250. The standard InChI is InChI=1S/C20H20N4O2S/c1-12(2)9-26-14-6-4-13(5-7-14)15-10-27-18-17(15)22-19(23-20(18)25)16-8-24(3)11-21-16/h4-8,10-12H,9H2,1-3H3,(H,22,23,25). The van der Waals surface area contributed by atoms with Crippen LogP contribution in [0.3, 0.4) is 0 Å². The zero-order valence-corrected chi connectivity index (χ0v) is 16.2. The summed E-state index contributed by atoms with van der Waals surface area (Å²) in [5, 5.41) is 1.97. The van der Waals surface area contributed by atoms with Crippen LogP contribution in [0.4, 0.5) is 0 Å². The van der Waals surface area contributed by atoms with Gasteiger partial charge in [0.1, 0.15) is 16.1 Å². The van der Waals surface area contributed by atoms with Gasteiger partial charge in [0.15, 0.2) is 5.82 Å². The van der Waals surface area contributed by atoms with E-state index in [0.717, 1.165) is 16.9 Å². The highest BCUT2D eigenvalue weighted by Crippen LogP contribution is 2.32. The maximum absolute atomic E-state index is 12.5. The summed E-state index contributed by atoms with van der Waals surface area (Å²) in [4.78, 5) is 24.3. The monoisotopic (exact) mass is 380 g/mol. The number of aromatic amines is 1. The van der Waals surface area contributed by atoms with E-state index in [-0.39, 0.29) is 5.56 Å². The maximum atomic E-state index is 12.5. The summed E-state index contributed by atoms with van der Waals surface area (Å²) < 4.78 is 8.19. The van der Waals surface area contributed by atoms with Crippen molar-refractivity contribution < 1.29 is 4.74 Å². The molecule has 138 valence electrons. The highest BCUT2D eigenvalue weighted by molar-refractivity contribution is 7.17. The topological polar surface area (TPSA) is 72.8 Å². The molecule has 4 aromatic rings. The summed E-state index contributed by atoms with van der Waals surface area (Å²) in [5.74, 6) is 1.79. The number of nitrogens with one attached hydrogen (secondary N) is 1. The van der Waals surface area contributed by atoms with Crippen LogP contribution in [0.25, 0.3) is 32.9 Å². The van der Waals surface area contributed by atoms with Gasteiger partial charge in [-0.25, -0.2) is 9.97 Å². The Morgan fingerprint density at radius 1 is 1.26 bits per heavy atom. The lowest BCUT2D eigenvalue weighted by Gasteiger charge is -2.09. The molecule has 0 bridgehead atoms. The van der Waals surface area contributed by atoms with Gasteiger partial charge in [0.25, 0.3) is 5.56 Å². The van der Waals surface area contributed by atoms with E-state index in [1.807, 2.05) is 47.5 Å². The zero-order chi connectivity index (χ0) is 19.0. The number of imidazole rings is 1. The van der Waals surface area contributed by atoms with E-state index in [2.05, 4.69) is 28.8 Å². The number of aryl methyl sites for hydroxylation is 1. The number of benzene rings is 1. The average Bonchev–Trinajstić information content (AvgIpc) is 3.27. The smallest absolute Gasteiger partial charge is 0.269 e. The summed E-state index contributed by atoms with van der Waals surface area (Å²) in [6.07, 6.45) is 3.51. The van der Waals surface area contributed by atoms with Crippen LogP contribution in [0, 0.1) is 5.92 Å². The number of ether oxygens (including phenoxy) is 1. The van der Waals surface area contributed by atoms with Gasteiger partial charge in [0.05, 0.1) is 18.5 Å². The molecule has 1 N–H and O–H groups in total. The molecule has 3 heterocycles. The van der Waals surface area contributed by atoms with E-state index in [9.17, 15) is 4.79 Å². The second kappa shape index (κ2) is 7.00. The van der Waals surface area contributed by atoms with Crippen LogP contribution in [-0.4, -0.2) is 26.1 Å². The Morgan fingerprint density at radius 3 is 2.70 bits per heavy atom. The molecule has 6 nitrogen and oxygen atoms in total. The van der Waals surface area contributed by atoms with Crippen molar-refractivity contribution in [1.29, 1.82) is 0 Å². The van der Waals surface area contributed by atoms with Crippen molar-refractivity contribution in [2.24, 2.45) is 13.0 Å². The molecule has 0 amide bonds. The Bertz CT molecular complexity index is 1140. The van der Waals surface area contributed by atoms with Crippen LogP contribution in [0.2, 0.25) is 0 Å². The Hall–Kier alpha value is -2.93. The molecule has 4 rings (SSSR count). The van der Waals surface area contributed by atoms with Gasteiger partial charge >= 0.3 is 0 Å². The number of fused-ring (bicyclic) bond motifs is 1. The molecule has 0 atom stereocenters. The van der Waals surface area contributed by atoms with Crippen molar-refractivity contribution in [3.63, 3.8) is 0 Å². The predicted molar refractivity (Wildman–Crippen MR) is 108 cm³/mol. The molecule has 1 aromatic carbocycles. The first-order valence-corrected chi connectivity index (χ1v) is 9.62. The lowest BCUT2D eigenvalue weighted by Crippen LogP contribution is -2.08. The molecule has 0 saturated carbocycles. The zero-order valence-electron chi connectivity index (χ0n) is 15.4. The molecule has 0 aliphatic carbocycles. The van der Waals surface area contributed by atoms with Crippen molar-refractivity contribution in [3.05, 3.63) is 52.5 Å². The van der Waals surface area contributed by atoms with Gasteiger partial charge in [-0.05, 0) is 23.6 Å². The van der Waals surface area contributed by atoms with Crippen LogP contribution in [0.1, 0.15) is 13.8 Å². The summed E-state index contributed by atoms with van der Waals surface area (Å²) in [6.45, 7) is 4.92. The first-order chi connectivity index (χ1) is 13.0. The summed E-state index contributed by atoms with van der Waals surface area (Å²) in [5.41, 5.74) is 3.14. The quantitative estimate of drug-likeness (QED) is 0.566. The van der Waals surface area contributed by atoms with E-state index in [1.54, 1.807) is 6.33 Å². The minimum absolute atomic E-state index is 0.145. The van der Waals surface area contributed by atoms with Crippen LogP contribution < -0.4 is 10.3 Å². The van der Waals surface area contributed by atoms with Gasteiger partial charge in [-0.15, -0.1) is 11.3 Å². The molecular formula is C20H20N4O2S. The third kappa shape index (κ3) is 3.50. The van der Waals surface area contributed by atoms with Gasteiger partial charge in [0.2, 0.25) is 0 Å². The molecule has 0 aliphatic heterocycles. The SMILES string of the molecule is CC(C)COc1ccc(-c2csc3c(=O)[nH]c(-c4cn(C)cn4)nc23)cc1. The lowest BCUT2D eigenvalue weighted by atomic mass is 10.1. The Kier molecular flexibility index (Phi) is 4.53. The molecule has 0 fully saturated rings. The van der Waals surface area contributed by atoms with Crippen molar-refractivity contribution in [1.82, 2.24) is 19.5 Å². The number of H-pyrrole nitrogens is 1. The largest absolute Gasteiger partial charge is 0.493 e. The predicted octanol–water partition coefficient (Wildman–Crippen LogP) is 4.09. The number of thiophene rings is 1. The lowest BCUT2D eigenvalue weighted by molar-refractivity contribution is 0.271. The van der Waals surface area contributed by atoms with Crippen LogP contribution in [-0.2, 0) is 7.05 Å². The first-order valence-electron chi connectivity index (χ1n) is 8.74. The number of hydrogen-bond donors (Lipinski definition) is 1. The third-order valence-corrected chi connectivity index (χ3v) is 5.09. The van der Waals surface area contributed by atoms with Gasteiger partial charge in [-0.1, -0.05) is 26.0 Å². The van der Waals surface area contributed by atoms with E-state index in [0.29, 0.717) is 34.3 Å². The average molecular weight is 380 g/mol. The van der Waals surface area contributed by atoms with E-state index < -0.39 is 0 Å². The van der Waals surface area contributed by atoms with Crippen molar-refractivity contribution in [2.45, 2.75) is 13.8 Å². The molecule has 0 spiro atoms. The van der Waals surface area contributed by atoms with Gasteiger partial charge < -0.3 is 14.3 Å². The highest BCUT2D eigenvalue weighted by atomic mass is 32.1. The van der Waals surface area contributed by atoms with Gasteiger partial charge in [-0.2, -0.15) is 0 Å². The number of hydrogen-bond acceptors (Lipinski definition) is 5. The van der Waals surface area contributed by atoms with Crippen molar-refractivity contribution in [2.75, 3.05) is 6.61 Å². The second-order valence-corrected chi connectivity index (χ2v) is 7.77. The number of nitrogens with zero attached hydrogens (tertiary/aromatic N) is 3. The third-order valence-electron chi connectivity index (χ3n) is 4.12. The molecule has 3 aromatic heterocycles. The summed E-state index contributed by atoms with van der Waals surface area (Å²) in [6, 6.07) is 7.91. The van der Waals surface area contributed by atoms with Crippen LogP contribution in [0.15, 0.2) is 47.0 Å². The number of rotatable bonds is 5. The van der Waals surface area contributed by atoms with E-state index in [4.69, 9.17) is 4.74 Å². The Balaban J connectivity index is 1.74. The van der Waals surface area contributed by atoms with Gasteiger partial charge in [0, 0.05) is 24.2 Å². The maximum Gasteiger partial charge on any atom is 0.269 e. The fourth-order valence-corrected chi connectivity index (χ4v) is 3.69. The molecular weight excluding hydrogens is 360 g/mol. The summed E-state index contributed by atoms with van der Waals surface area (Å²) >= 11 is 1.40.